The maximum Gasteiger partial charge on any atom is 0.294 e. The van der Waals surface area contributed by atoms with Gasteiger partial charge < -0.3 is 28.7 Å². The number of hydrogen-bond donors (Lipinski definition) is 1. The average Bonchev–Trinajstić information content (AvgIpc) is 3.50. The van der Waals surface area contributed by atoms with E-state index in [1.165, 1.54) is 11.3 Å². The zero-order valence-corrected chi connectivity index (χ0v) is 18.4. The van der Waals surface area contributed by atoms with Crippen LogP contribution in [0.1, 0.15) is 12.8 Å². The van der Waals surface area contributed by atoms with E-state index in [1.54, 1.807) is 37.1 Å². The Kier molecular flexibility index (Phi) is 5.58. The molecule has 0 spiro atoms. The van der Waals surface area contributed by atoms with E-state index in [1.807, 2.05) is 6.07 Å². The minimum atomic E-state index is -0.175. The van der Waals surface area contributed by atoms with Crippen molar-refractivity contribution in [2.24, 2.45) is 0 Å². The van der Waals surface area contributed by atoms with Gasteiger partial charge in [-0.1, -0.05) is 0 Å². The molecular weight excluding hydrogens is 436 g/mol. The van der Waals surface area contributed by atoms with E-state index in [9.17, 15) is 4.79 Å². The molecule has 32 heavy (non-hydrogen) atoms. The third kappa shape index (κ3) is 4.08. The van der Waals surface area contributed by atoms with Gasteiger partial charge in [-0.2, -0.15) is 0 Å². The van der Waals surface area contributed by atoms with E-state index in [0.29, 0.717) is 51.9 Å². The molecule has 1 aliphatic rings. The minimum Gasteiger partial charge on any atom is -0.496 e. The molecule has 4 aromatic rings. The van der Waals surface area contributed by atoms with Gasteiger partial charge in [-0.15, -0.1) is 5.10 Å². The number of benzene rings is 1. The summed E-state index contributed by atoms with van der Waals surface area (Å²) in [5.41, 5.74) is 1.20. The lowest BCUT2D eigenvalue weighted by Crippen LogP contribution is -2.41. The Hall–Kier alpha value is -3.31. The number of furan rings is 1. The number of hydrogen-bond acceptors (Lipinski definition) is 9. The van der Waals surface area contributed by atoms with Crippen molar-refractivity contribution >= 4 is 33.2 Å². The molecule has 0 aliphatic carbocycles. The predicted molar refractivity (Wildman–Crippen MR) is 117 cm³/mol. The topological polar surface area (TPSA) is 109 Å². The fourth-order valence-corrected chi connectivity index (χ4v) is 4.28. The SMILES string of the molecule is COc1cc(OCC(=O)NC2CCOCC2)c2cc(-c3cn4nc(OC)sc4n3)oc2c1. The van der Waals surface area contributed by atoms with Crippen LogP contribution in [0.2, 0.25) is 0 Å². The van der Waals surface area contributed by atoms with Gasteiger partial charge in [-0.05, 0) is 30.2 Å². The maximum absolute atomic E-state index is 12.4. The molecule has 0 bridgehead atoms. The van der Waals surface area contributed by atoms with Gasteiger partial charge in [0.2, 0.25) is 4.96 Å². The number of nitrogens with zero attached hydrogens (tertiary/aromatic N) is 3. The van der Waals surface area contributed by atoms with Crippen molar-refractivity contribution in [1.82, 2.24) is 19.9 Å². The number of carbonyl (C=O) groups is 1. The van der Waals surface area contributed by atoms with E-state index in [4.69, 9.17) is 23.4 Å². The normalized spacial score (nSPS) is 14.7. The molecular formula is C21H22N4O6S. The van der Waals surface area contributed by atoms with Crippen molar-refractivity contribution in [2.75, 3.05) is 34.0 Å². The van der Waals surface area contributed by atoms with E-state index in [-0.39, 0.29) is 18.6 Å². The highest BCUT2D eigenvalue weighted by molar-refractivity contribution is 7.18. The van der Waals surface area contributed by atoms with Crippen LogP contribution in [0.25, 0.3) is 27.4 Å². The molecule has 0 radical (unpaired) electrons. The van der Waals surface area contributed by atoms with Gasteiger partial charge in [-0.25, -0.2) is 9.50 Å². The maximum atomic E-state index is 12.4. The van der Waals surface area contributed by atoms with Crippen LogP contribution >= 0.6 is 11.3 Å². The van der Waals surface area contributed by atoms with Crippen LogP contribution < -0.4 is 19.5 Å². The van der Waals surface area contributed by atoms with Gasteiger partial charge in [0.05, 0.1) is 25.8 Å². The highest BCUT2D eigenvalue weighted by Gasteiger charge is 2.19. The van der Waals surface area contributed by atoms with Gasteiger partial charge in [0.15, 0.2) is 12.4 Å². The van der Waals surface area contributed by atoms with Crippen LogP contribution in [0.3, 0.4) is 0 Å². The number of ether oxygens (including phenoxy) is 4. The summed E-state index contributed by atoms with van der Waals surface area (Å²) < 4.78 is 29.3. The van der Waals surface area contributed by atoms with Crippen LogP contribution in [-0.4, -0.2) is 60.6 Å². The molecule has 4 heterocycles. The number of rotatable bonds is 7. The van der Waals surface area contributed by atoms with E-state index in [2.05, 4.69) is 15.4 Å². The number of fused-ring (bicyclic) bond motifs is 2. The summed E-state index contributed by atoms with van der Waals surface area (Å²) in [4.78, 5) is 17.6. The predicted octanol–water partition coefficient (Wildman–Crippen LogP) is 2.90. The highest BCUT2D eigenvalue weighted by Crippen LogP contribution is 2.37. The molecule has 1 fully saturated rings. The van der Waals surface area contributed by atoms with Gasteiger partial charge in [0.25, 0.3) is 11.1 Å². The molecule has 0 saturated carbocycles. The molecule has 11 heteroatoms. The van der Waals surface area contributed by atoms with E-state index in [0.717, 1.165) is 18.2 Å². The lowest BCUT2D eigenvalue weighted by atomic mass is 10.1. The molecule has 0 unspecified atom stereocenters. The van der Waals surface area contributed by atoms with Gasteiger partial charge >= 0.3 is 0 Å². The zero-order valence-electron chi connectivity index (χ0n) is 17.6. The lowest BCUT2D eigenvalue weighted by molar-refractivity contribution is -0.124. The molecule has 1 aliphatic heterocycles. The molecule has 168 valence electrons. The van der Waals surface area contributed by atoms with Gasteiger partial charge in [0.1, 0.15) is 22.8 Å². The van der Waals surface area contributed by atoms with Crippen LogP contribution in [0.15, 0.2) is 28.8 Å². The smallest absolute Gasteiger partial charge is 0.294 e. The first-order valence-corrected chi connectivity index (χ1v) is 11.0. The number of methoxy groups -OCH3 is 2. The second kappa shape index (κ2) is 8.67. The molecule has 1 amide bonds. The standard InChI is InChI=1S/C21H22N4O6S/c1-27-13-7-16(30-11-19(26)22-12-3-5-29-6-4-12)14-9-18(31-17(14)8-13)15-10-25-20(23-15)32-21(24-25)28-2/h7-10,12H,3-6,11H2,1-2H3,(H,22,26). The lowest BCUT2D eigenvalue weighted by Gasteiger charge is -2.23. The summed E-state index contributed by atoms with van der Waals surface area (Å²) in [5.74, 6) is 1.44. The average molecular weight is 458 g/mol. The molecule has 10 nitrogen and oxygen atoms in total. The van der Waals surface area contributed by atoms with E-state index < -0.39 is 0 Å². The Morgan fingerprint density at radius 2 is 2.09 bits per heavy atom. The van der Waals surface area contributed by atoms with Gasteiger partial charge in [-0.3, -0.25) is 4.79 Å². The number of nitrogens with one attached hydrogen (secondary N) is 1. The van der Waals surface area contributed by atoms with Crippen molar-refractivity contribution in [3.05, 3.63) is 24.4 Å². The van der Waals surface area contributed by atoms with Crippen LogP contribution in [0, 0.1) is 0 Å². The highest BCUT2D eigenvalue weighted by atomic mass is 32.1. The molecule has 3 aromatic heterocycles. The molecule has 0 atom stereocenters. The first kappa shape index (κ1) is 20.6. The first-order valence-electron chi connectivity index (χ1n) is 10.1. The fourth-order valence-electron chi connectivity index (χ4n) is 3.58. The molecule has 1 N–H and O–H groups in total. The van der Waals surface area contributed by atoms with Crippen LogP contribution in [0.4, 0.5) is 0 Å². The number of amides is 1. The monoisotopic (exact) mass is 458 g/mol. The molecule has 1 saturated heterocycles. The summed E-state index contributed by atoms with van der Waals surface area (Å²) in [5, 5.41) is 8.53. The quantitative estimate of drug-likeness (QED) is 0.450. The Bertz CT molecular complexity index is 1220. The molecule has 1 aromatic carbocycles. The summed E-state index contributed by atoms with van der Waals surface area (Å²) >= 11 is 1.33. The second-order valence-corrected chi connectivity index (χ2v) is 8.23. The molecule has 5 rings (SSSR count). The summed E-state index contributed by atoms with van der Waals surface area (Å²) in [7, 11) is 3.13. The fraction of sp³-hybridized carbons (Fsp3) is 0.381. The Morgan fingerprint density at radius 3 is 2.84 bits per heavy atom. The van der Waals surface area contributed by atoms with Crippen molar-refractivity contribution in [3.63, 3.8) is 0 Å². The van der Waals surface area contributed by atoms with Crippen LogP contribution in [-0.2, 0) is 9.53 Å². The zero-order chi connectivity index (χ0) is 22.1. The summed E-state index contributed by atoms with van der Waals surface area (Å²) in [6.07, 6.45) is 3.39. The Balaban J connectivity index is 1.38. The number of carbonyl (C=O) groups excluding carboxylic acids is 1. The van der Waals surface area contributed by atoms with Crippen molar-refractivity contribution in [1.29, 1.82) is 0 Å². The number of aromatic nitrogens is 3. The first-order chi connectivity index (χ1) is 15.6. The number of imidazole rings is 1. The largest absolute Gasteiger partial charge is 0.496 e. The summed E-state index contributed by atoms with van der Waals surface area (Å²) in [6.45, 7) is 1.21. The third-order valence-corrected chi connectivity index (χ3v) is 6.09. The Morgan fingerprint density at radius 1 is 1.25 bits per heavy atom. The van der Waals surface area contributed by atoms with Crippen molar-refractivity contribution in [3.8, 4) is 28.1 Å². The van der Waals surface area contributed by atoms with Gasteiger partial charge in [0, 0.05) is 31.4 Å². The van der Waals surface area contributed by atoms with Crippen LogP contribution in [0.5, 0.6) is 16.7 Å². The van der Waals surface area contributed by atoms with Crippen molar-refractivity contribution in [2.45, 2.75) is 18.9 Å². The summed E-state index contributed by atoms with van der Waals surface area (Å²) in [6, 6.07) is 5.46. The third-order valence-electron chi connectivity index (χ3n) is 5.21. The Labute approximate surface area is 187 Å². The minimum absolute atomic E-state index is 0.107. The van der Waals surface area contributed by atoms with Crippen molar-refractivity contribution < 1.29 is 28.2 Å². The van der Waals surface area contributed by atoms with E-state index >= 15 is 0 Å². The second-order valence-electron chi connectivity index (χ2n) is 7.32.